The lowest BCUT2D eigenvalue weighted by atomic mass is 9.62. The molecule has 3 rings (SSSR count). The van der Waals surface area contributed by atoms with Crippen LogP contribution in [0.1, 0.15) is 115 Å². The third kappa shape index (κ3) is 4.23. The van der Waals surface area contributed by atoms with Gasteiger partial charge in [-0.2, -0.15) is 0 Å². The summed E-state index contributed by atoms with van der Waals surface area (Å²) in [7, 11) is 0. The van der Waals surface area contributed by atoms with Crippen LogP contribution < -0.4 is 0 Å². The third-order valence-electron chi connectivity index (χ3n) is 7.41. The Balaban J connectivity index is 2.23. The molecule has 2 aromatic rings. The number of fused-ring (bicyclic) bond motifs is 1. The topological polar surface area (TPSA) is 60.7 Å². The van der Waals surface area contributed by atoms with Crippen molar-refractivity contribution in [2.75, 3.05) is 0 Å². The summed E-state index contributed by atoms with van der Waals surface area (Å²) < 4.78 is 0. The van der Waals surface area contributed by atoms with Crippen molar-refractivity contribution in [1.82, 2.24) is 0 Å². The summed E-state index contributed by atoms with van der Waals surface area (Å²) in [5, 5.41) is 33.0. The maximum absolute atomic E-state index is 11.1. The second-order valence-corrected chi connectivity index (χ2v) is 13.1. The van der Waals surface area contributed by atoms with Crippen LogP contribution in [0.2, 0.25) is 0 Å². The fraction of sp³-hybridized carbons (Fsp3) is 0.586. The van der Waals surface area contributed by atoms with E-state index in [4.69, 9.17) is 0 Å². The minimum absolute atomic E-state index is 0.0200. The molecule has 32 heavy (non-hydrogen) atoms. The third-order valence-corrected chi connectivity index (χ3v) is 7.41. The monoisotopic (exact) mass is 438 g/mol. The summed E-state index contributed by atoms with van der Waals surface area (Å²) in [4.78, 5) is 0. The molecule has 0 fully saturated rings. The first-order chi connectivity index (χ1) is 14.4. The van der Waals surface area contributed by atoms with E-state index in [1.807, 2.05) is 32.9 Å². The van der Waals surface area contributed by atoms with Crippen molar-refractivity contribution in [3.8, 4) is 17.2 Å². The molecule has 3 heteroatoms. The van der Waals surface area contributed by atoms with Gasteiger partial charge in [-0.3, -0.25) is 0 Å². The van der Waals surface area contributed by atoms with Crippen molar-refractivity contribution in [3.63, 3.8) is 0 Å². The van der Waals surface area contributed by atoms with E-state index in [1.165, 1.54) is 11.1 Å². The number of benzene rings is 2. The number of phenols is 3. The van der Waals surface area contributed by atoms with Gasteiger partial charge >= 0.3 is 0 Å². The summed E-state index contributed by atoms with van der Waals surface area (Å²) >= 11 is 0. The Bertz CT molecular complexity index is 1040. The van der Waals surface area contributed by atoms with Crippen LogP contribution in [0.25, 0.3) is 0 Å². The molecule has 3 nitrogen and oxygen atoms in total. The fourth-order valence-electron chi connectivity index (χ4n) is 5.10. The average molecular weight is 439 g/mol. The molecule has 0 radical (unpaired) electrons. The molecule has 0 aliphatic heterocycles. The van der Waals surface area contributed by atoms with E-state index in [0.29, 0.717) is 12.0 Å². The number of aromatic hydroxyl groups is 3. The van der Waals surface area contributed by atoms with Gasteiger partial charge in [-0.25, -0.2) is 0 Å². The minimum atomic E-state index is -0.302. The van der Waals surface area contributed by atoms with Crippen molar-refractivity contribution >= 4 is 0 Å². The van der Waals surface area contributed by atoms with Crippen LogP contribution >= 0.6 is 0 Å². The Hall–Kier alpha value is -2.16. The lowest BCUT2D eigenvalue weighted by Gasteiger charge is -2.42. The van der Waals surface area contributed by atoms with E-state index in [9.17, 15) is 15.3 Å². The molecule has 1 aliphatic carbocycles. The normalized spacial score (nSPS) is 17.8. The first kappa shape index (κ1) is 24.5. The van der Waals surface area contributed by atoms with Gasteiger partial charge in [-0.15, -0.1) is 0 Å². The van der Waals surface area contributed by atoms with Crippen LogP contribution in [0, 0.1) is 0 Å². The highest BCUT2D eigenvalue weighted by Crippen LogP contribution is 2.49. The quantitative estimate of drug-likeness (QED) is 0.430. The molecule has 0 bridgehead atoms. The van der Waals surface area contributed by atoms with Crippen LogP contribution in [-0.2, 0) is 28.1 Å². The van der Waals surface area contributed by atoms with Gasteiger partial charge in [-0.1, -0.05) is 81.4 Å². The molecule has 0 amide bonds. The zero-order valence-corrected chi connectivity index (χ0v) is 21.7. The van der Waals surface area contributed by atoms with E-state index in [1.54, 1.807) is 0 Å². The molecule has 0 saturated carbocycles. The zero-order chi connectivity index (χ0) is 24.4. The lowest BCUT2D eigenvalue weighted by Crippen LogP contribution is -2.34. The summed E-state index contributed by atoms with van der Waals surface area (Å²) in [6, 6.07) is 6.10. The Kier molecular flexibility index (Phi) is 5.69. The van der Waals surface area contributed by atoms with Gasteiger partial charge in [0.1, 0.15) is 5.75 Å². The Morgan fingerprint density at radius 1 is 0.688 bits per heavy atom. The Morgan fingerprint density at radius 3 is 1.62 bits per heavy atom. The molecule has 0 atom stereocenters. The number of phenolic OH excluding ortho intramolecular Hbond substituents is 3. The van der Waals surface area contributed by atoms with Gasteiger partial charge in [0, 0.05) is 17.5 Å². The van der Waals surface area contributed by atoms with Crippen LogP contribution in [-0.4, -0.2) is 15.3 Å². The molecule has 0 spiro atoms. The van der Waals surface area contributed by atoms with Crippen molar-refractivity contribution in [3.05, 3.63) is 51.6 Å². The van der Waals surface area contributed by atoms with E-state index in [0.717, 1.165) is 29.5 Å². The summed E-state index contributed by atoms with van der Waals surface area (Å²) in [6.07, 6.45) is 2.55. The van der Waals surface area contributed by atoms with Crippen molar-refractivity contribution in [1.29, 1.82) is 0 Å². The van der Waals surface area contributed by atoms with E-state index in [2.05, 4.69) is 54.5 Å². The minimum Gasteiger partial charge on any atom is -0.508 e. The predicted octanol–water partition coefficient (Wildman–Crippen LogP) is 7.34. The molecule has 176 valence electrons. The van der Waals surface area contributed by atoms with Gasteiger partial charge in [0.05, 0.1) is 0 Å². The molecule has 0 aromatic heterocycles. The maximum atomic E-state index is 11.1. The van der Waals surface area contributed by atoms with Crippen LogP contribution in [0.3, 0.4) is 0 Å². The lowest BCUT2D eigenvalue weighted by molar-refractivity contribution is 0.329. The van der Waals surface area contributed by atoms with E-state index < -0.39 is 0 Å². The standard InChI is InChI=1S/C29H42O3/c1-26(2,3)19-15-22(27(4,5)6)25(32)24(31)18(19)13-17-14-20-21(16-23(17)30)29(9,10)12-11-28(20,7)8/h14-16,30-32H,11-13H2,1-10H3. The molecule has 0 saturated heterocycles. The van der Waals surface area contributed by atoms with Gasteiger partial charge < -0.3 is 15.3 Å². The molecule has 0 unspecified atom stereocenters. The van der Waals surface area contributed by atoms with Crippen LogP contribution in [0.5, 0.6) is 17.2 Å². The molecule has 2 aromatic carbocycles. The van der Waals surface area contributed by atoms with Crippen molar-refractivity contribution in [2.45, 2.75) is 110 Å². The number of rotatable bonds is 2. The Labute approximate surface area is 194 Å². The van der Waals surface area contributed by atoms with E-state index >= 15 is 0 Å². The van der Waals surface area contributed by atoms with Gasteiger partial charge in [0.2, 0.25) is 0 Å². The van der Waals surface area contributed by atoms with Crippen molar-refractivity contribution in [2.24, 2.45) is 0 Å². The van der Waals surface area contributed by atoms with Gasteiger partial charge in [0.25, 0.3) is 0 Å². The second kappa shape index (κ2) is 7.43. The number of hydrogen-bond donors (Lipinski definition) is 3. The van der Waals surface area contributed by atoms with Crippen molar-refractivity contribution < 1.29 is 15.3 Å². The second-order valence-electron chi connectivity index (χ2n) is 13.1. The smallest absolute Gasteiger partial charge is 0.161 e. The average Bonchev–Trinajstić information content (AvgIpc) is 2.62. The van der Waals surface area contributed by atoms with Crippen LogP contribution in [0.15, 0.2) is 18.2 Å². The molecule has 0 heterocycles. The van der Waals surface area contributed by atoms with Gasteiger partial charge in [-0.05, 0) is 62.8 Å². The first-order valence-corrected chi connectivity index (χ1v) is 11.8. The molecular weight excluding hydrogens is 396 g/mol. The fourth-order valence-corrected chi connectivity index (χ4v) is 5.10. The molecule has 1 aliphatic rings. The Morgan fingerprint density at radius 2 is 1.16 bits per heavy atom. The highest BCUT2D eigenvalue weighted by atomic mass is 16.3. The highest BCUT2D eigenvalue weighted by Gasteiger charge is 2.38. The van der Waals surface area contributed by atoms with Crippen LogP contribution in [0.4, 0.5) is 0 Å². The predicted molar refractivity (Wildman–Crippen MR) is 133 cm³/mol. The largest absolute Gasteiger partial charge is 0.508 e. The zero-order valence-electron chi connectivity index (χ0n) is 21.7. The summed E-state index contributed by atoms with van der Waals surface area (Å²) in [5.74, 6) is 0.131. The summed E-state index contributed by atoms with van der Waals surface area (Å²) in [5.41, 5.74) is 5.21. The highest BCUT2D eigenvalue weighted by molar-refractivity contribution is 5.60. The molecule has 3 N–H and O–H groups in total. The molecular formula is C29H42O3. The SMILES string of the molecule is CC(C)(C)c1cc(C(C)(C)C)c(Cc2cc3c(cc2O)C(C)(C)CCC3(C)C)c(O)c1O. The first-order valence-electron chi connectivity index (χ1n) is 11.8. The van der Waals surface area contributed by atoms with E-state index in [-0.39, 0.29) is 38.9 Å². The maximum Gasteiger partial charge on any atom is 0.161 e. The number of hydrogen-bond acceptors (Lipinski definition) is 3. The summed E-state index contributed by atoms with van der Waals surface area (Å²) in [6.45, 7) is 21.5. The van der Waals surface area contributed by atoms with Gasteiger partial charge in [0.15, 0.2) is 11.5 Å².